The fraction of sp³-hybridized carbons (Fsp3) is 0.158. The molecule has 0 bridgehead atoms. The normalized spacial score (nSPS) is 13.1. The molecule has 7 heteroatoms. The van der Waals surface area contributed by atoms with E-state index in [2.05, 4.69) is 10.2 Å². The third-order valence-corrected chi connectivity index (χ3v) is 4.14. The third kappa shape index (κ3) is 3.11. The van der Waals surface area contributed by atoms with Crippen molar-refractivity contribution in [3.8, 4) is 28.7 Å². The number of ether oxygens (including phenoxy) is 3. The molecule has 1 aliphatic heterocycles. The van der Waals surface area contributed by atoms with Gasteiger partial charge in [-0.2, -0.15) is 0 Å². The standard InChI is InChI=1S/C19H15ClN2O4/c1-11-4-3-5-13(6-11)18-21-22-19(26-18)14(20)7-12-8-15(23-2)17-16(9-12)24-10-25-17/h3-9H,10H2,1-2H3/b14-7-. The highest BCUT2D eigenvalue weighted by Crippen LogP contribution is 2.42. The summed E-state index contributed by atoms with van der Waals surface area (Å²) >= 11 is 6.37. The average Bonchev–Trinajstić information content (AvgIpc) is 3.30. The zero-order valence-electron chi connectivity index (χ0n) is 14.2. The van der Waals surface area contributed by atoms with Crippen molar-refractivity contribution in [2.75, 3.05) is 13.9 Å². The number of fused-ring (bicyclic) bond motifs is 1. The van der Waals surface area contributed by atoms with Crippen LogP contribution in [0.3, 0.4) is 0 Å². The molecule has 6 nitrogen and oxygen atoms in total. The molecule has 0 fully saturated rings. The Bertz CT molecular complexity index is 997. The number of halogens is 1. The fourth-order valence-electron chi connectivity index (χ4n) is 2.66. The van der Waals surface area contributed by atoms with E-state index in [0.717, 1.165) is 16.7 Å². The topological polar surface area (TPSA) is 66.6 Å². The summed E-state index contributed by atoms with van der Waals surface area (Å²) in [6.07, 6.45) is 1.71. The number of hydrogen-bond donors (Lipinski definition) is 0. The molecule has 2 heterocycles. The van der Waals surface area contributed by atoms with Gasteiger partial charge in [-0.1, -0.05) is 29.3 Å². The van der Waals surface area contributed by atoms with E-state index in [9.17, 15) is 0 Å². The van der Waals surface area contributed by atoms with Crippen molar-refractivity contribution < 1.29 is 18.6 Å². The van der Waals surface area contributed by atoms with Crippen LogP contribution in [0.15, 0.2) is 40.8 Å². The van der Waals surface area contributed by atoms with Crippen LogP contribution < -0.4 is 14.2 Å². The van der Waals surface area contributed by atoms with Crippen LogP contribution in [0.5, 0.6) is 17.2 Å². The first-order valence-electron chi connectivity index (χ1n) is 7.90. The van der Waals surface area contributed by atoms with Crippen LogP contribution in [-0.2, 0) is 0 Å². The molecule has 1 aliphatic rings. The average molecular weight is 371 g/mol. The highest BCUT2D eigenvalue weighted by atomic mass is 35.5. The number of hydrogen-bond acceptors (Lipinski definition) is 6. The van der Waals surface area contributed by atoms with Gasteiger partial charge in [0.2, 0.25) is 18.4 Å². The Morgan fingerprint density at radius 2 is 2.08 bits per heavy atom. The lowest BCUT2D eigenvalue weighted by molar-refractivity contribution is 0.171. The van der Waals surface area contributed by atoms with E-state index < -0.39 is 0 Å². The molecular formula is C19H15ClN2O4. The van der Waals surface area contributed by atoms with Gasteiger partial charge in [0, 0.05) is 5.56 Å². The monoisotopic (exact) mass is 370 g/mol. The van der Waals surface area contributed by atoms with Crippen molar-refractivity contribution in [3.05, 3.63) is 53.4 Å². The Morgan fingerprint density at radius 1 is 1.19 bits per heavy atom. The van der Waals surface area contributed by atoms with E-state index in [1.165, 1.54) is 0 Å². The molecular weight excluding hydrogens is 356 g/mol. The number of aryl methyl sites for hydroxylation is 1. The van der Waals surface area contributed by atoms with Crippen molar-refractivity contribution >= 4 is 22.7 Å². The summed E-state index contributed by atoms with van der Waals surface area (Å²) in [6, 6.07) is 11.4. The van der Waals surface area contributed by atoms with E-state index in [1.807, 2.05) is 37.3 Å². The first-order valence-corrected chi connectivity index (χ1v) is 8.27. The van der Waals surface area contributed by atoms with Gasteiger partial charge in [-0.25, -0.2) is 0 Å². The van der Waals surface area contributed by atoms with Crippen LogP contribution in [0.25, 0.3) is 22.6 Å². The predicted molar refractivity (Wildman–Crippen MR) is 97.3 cm³/mol. The number of benzene rings is 2. The molecule has 1 aromatic heterocycles. The first kappa shape index (κ1) is 16.5. The predicted octanol–water partition coefficient (Wildman–Crippen LogP) is 4.52. The molecule has 0 saturated carbocycles. The molecule has 3 aromatic rings. The summed E-state index contributed by atoms with van der Waals surface area (Å²) in [5.41, 5.74) is 2.72. The van der Waals surface area contributed by atoms with E-state index >= 15 is 0 Å². The summed E-state index contributed by atoms with van der Waals surface area (Å²) in [7, 11) is 1.57. The zero-order valence-corrected chi connectivity index (χ0v) is 14.9. The van der Waals surface area contributed by atoms with Gasteiger partial charge in [0.05, 0.1) is 7.11 Å². The number of rotatable bonds is 4. The smallest absolute Gasteiger partial charge is 0.259 e. The second-order valence-corrected chi connectivity index (χ2v) is 6.14. The third-order valence-electron chi connectivity index (χ3n) is 3.87. The van der Waals surface area contributed by atoms with Gasteiger partial charge in [0.25, 0.3) is 5.89 Å². The maximum absolute atomic E-state index is 6.37. The van der Waals surface area contributed by atoms with Crippen LogP contribution >= 0.6 is 11.6 Å². The second kappa shape index (κ2) is 6.72. The minimum Gasteiger partial charge on any atom is -0.493 e. The Labute approximate surface area is 155 Å². The molecule has 0 radical (unpaired) electrons. The molecule has 0 atom stereocenters. The highest BCUT2D eigenvalue weighted by Gasteiger charge is 2.20. The minimum atomic E-state index is 0.163. The lowest BCUT2D eigenvalue weighted by Crippen LogP contribution is -1.93. The maximum atomic E-state index is 6.37. The van der Waals surface area contributed by atoms with Crippen molar-refractivity contribution in [2.45, 2.75) is 6.92 Å². The van der Waals surface area contributed by atoms with Crippen LogP contribution in [0.1, 0.15) is 17.0 Å². The summed E-state index contributed by atoms with van der Waals surface area (Å²) in [6.45, 7) is 2.16. The Kier molecular flexibility index (Phi) is 4.26. The molecule has 0 saturated heterocycles. The lowest BCUT2D eigenvalue weighted by atomic mass is 10.1. The van der Waals surface area contributed by atoms with Crippen molar-refractivity contribution in [2.24, 2.45) is 0 Å². The van der Waals surface area contributed by atoms with Crippen molar-refractivity contribution in [1.82, 2.24) is 10.2 Å². The highest BCUT2D eigenvalue weighted by molar-refractivity contribution is 6.50. The van der Waals surface area contributed by atoms with Crippen LogP contribution in [0.4, 0.5) is 0 Å². The number of aromatic nitrogens is 2. The molecule has 132 valence electrons. The zero-order chi connectivity index (χ0) is 18.1. The summed E-state index contributed by atoms with van der Waals surface area (Å²) in [5.74, 6) is 2.41. The molecule has 0 amide bonds. The molecule has 4 rings (SSSR count). The molecule has 26 heavy (non-hydrogen) atoms. The summed E-state index contributed by atoms with van der Waals surface area (Å²) in [4.78, 5) is 0. The van der Waals surface area contributed by atoms with Crippen LogP contribution in [0, 0.1) is 6.92 Å². The fourth-order valence-corrected chi connectivity index (χ4v) is 2.86. The molecule has 0 aliphatic carbocycles. The second-order valence-electron chi connectivity index (χ2n) is 5.73. The minimum absolute atomic E-state index is 0.163. The summed E-state index contributed by atoms with van der Waals surface area (Å²) < 4.78 is 21.8. The van der Waals surface area contributed by atoms with Gasteiger partial charge < -0.3 is 18.6 Å². The SMILES string of the molecule is COc1cc(/C=C(\Cl)c2nnc(-c3cccc(C)c3)o2)cc2c1OCO2. The van der Waals surface area contributed by atoms with Gasteiger partial charge >= 0.3 is 0 Å². The van der Waals surface area contributed by atoms with Crippen LogP contribution in [-0.4, -0.2) is 24.1 Å². The largest absolute Gasteiger partial charge is 0.493 e. The van der Waals surface area contributed by atoms with Crippen molar-refractivity contribution in [3.63, 3.8) is 0 Å². The molecule has 0 unspecified atom stereocenters. The van der Waals surface area contributed by atoms with Gasteiger partial charge in [0.1, 0.15) is 5.03 Å². The Hall–Kier alpha value is -2.99. The lowest BCUT2D eigenvalue weighted by Gasteiger charge is -2.06. The molecule has 0 spiro atoms. The number of nitrogens with zero attached hydrogens (tertiary/aromatic N) is 2. The van der Waals surface area contributed by atoms with Gasteiger partial charge in [-0.3, -0.25) is 0 Å². The Morgan fingerprint density at radius 3 is 2.88 bits per heavy atom. The molecule has 2 aromatic carbocycles. The van der Waals surface area contributed by atoms with E-state index in [0.29, 0.717) is 28.2 Å². The van der Waals surface area contributed by atoms with Crippen molar-refractivity contribution in [1.29, 1.82) is 0 Å². The molecule has 0 N–H and O–H groups in total. The van der Waals surface area contributed by atoms with Gasteiger partial charge in [0.15, 0.2) is 11.5 Å². The summed E-state index contributed by atoms with van der Waals surface area (Å²) in [5, 5.41) is 8.42. The quantitative estimate of drug-likeness (QED) is 0.672. The van der Waals surface area contributed by atoms with Crippen LogP contribution in [0.2, 0.25) is 0 Å². The van der Waals surface area contributed by atoms with E-state index in [4.69, 9.17) is 30.2 Å². The van der Waals surface area contributed by atoms with Gasteiger partial charge in [-0.05, 0) is 42.8 Å². The Balaban J connectivity index is 1.65. The van der Waals surface area contributed by atoms with Gasteiger partial charge in [-0.15, -0.1) is 10.2 Å². The number of methoxy groups -OCH3 is 1. The first-order chi connectivity index (χ1) is 12.6. The maximum Gasteiger partial charge on any atom is 0.259 e. The van der Waals surface area contributed by atoms with E-state index in [-0.39, 0.29) is 12.7 Å². The van der Waals surface area contributed by atoms with E-state index in [1.54, 1.807) is 19.3 Å².